The molecule has 1 aromatic carbocycles. The summed E-state index contributed by atoms with van der Waals surface area (Å²) in [6, 6.07) is 10.4. The van der Waals surface area contributed by atoms with Gasteiger partial charge in [0.15, 0.2) is 0 Å². The topological polar surface area (TPSA) is 71.1 Å². The highest BCUT2D eigenvalue weighted by atomic mass is 16.2. The lowest BCUT2D eigenvalue weighted by atomic mass is 10.2. The molecule has 5 nitrogen and oxygen atoms in total. The number of carbonyl (C=O) groups is 2. The molecular weight excluding hydrogens is 290 g/mol. The van der Waals surface area contributed by atoms with Gasteiger partial charge >= 0.3 is 0 Å². The van der Waals surface area contributed by atoms with Gasteiger partial charge in [0.05, 0.1) is 5.56 Å². The van der Waals surface area contributed by atoms with E-state index in [1.807, 2.05) is 13.8 Å². The van der Waals surface area contributed by atoms with E-state index in [0.717, 1.165) is 12.0 Å². The highest BCUT2D eigenvalue weighted by molar-refractivity contribution is 6.05. The minimum Gasteiger partial charge on any atom is -0.322 e. The third kappa shape index (κ3) is 5.07. The molecule has 0 unspecified atom stereocenters. The number of carbonyl (C=O) groups excluding carboxylic acids is 2. The Balaban J connectivity index is 2.05. The van der Waals surface area contributed by atoms with Crippen molar-refractivity contribution in [2.45, 2.75) is 20.3 Å². The van der Waals surface area contributed by atoms with Crippen LogP contribution in [0.1, 0.15) is 30.6 Å². The SMILES string of the molecule is CC/C(C)=C/C(=O)Nc1cccc(NC(=O)c2cccnc2)c1. The molecule has 1 aromatic heterocycles. The van der Waals surface area contributed by atoms with Crippen LogP contribution in [-0.2, 0) is 4.79 Å². The van der Waals surface area contributed by atoms with E-state index in [1.165, 1.54) is 6.20 Å². The second-order valence-electron chi connectivity index (χ2n) is 5.11. The summed E-state index contributed by atoms with van der Waals surface area (Å²) in [6.45, 7) is 3.90. The van der Waals surface area contributed by atoms with Crippen molar-refractivity contribution in [2.24, 2.45) is 0 Å². The molecule has 0 fully saturated rings. The second kappa shape index (κ2) is 7.89. The second-order valence-corrected chi connectivity index (χ2v) is 5.11. The quantitative estimate of drug-likeness (QED) is 0.829. The molecule has 2 amide bonds. The molecule has 2 N–H and O–H groups in total. The van der Waals surface area contributed by atoms with Gasteiger partial charge in [0.1, 0.15) is 0 Å². The van der Waals surface area contributed by atoms with Crippen molar-refractivity contribution in [3.8, 4) is 0 Å². The number of allylic oxidation sites excluding steroid dienone is 1. The maximum atomic E-state index is 12.1. The predicted octanol–water partition coefficient (Wildman–Crippen LogP) is 3.63. The fourth-order valence-electron chi connectivity index (χ4n) is 1.88. The third-order valence-corrected chi connectivity index (χ3v) is 3.25. The largest absolute Gasteiger partial charge is 0.322 e. The lowest BCUT2D eigenvalue weighted by molar-refractivity contribution is -0.112. The van der Waals surface area contributed by atoms with Crippen molar-refractivity contribution in [3.05, 3.63) is 66.0 Å². The number of amides is 2. The van der Waals surface area contributed by atoms with Gasteiger partial charge in [-0.2, -0.15) is 0 Å². The van der Waals surface area contributed by atoms with Crippen LogP contribution in [0.25, 0.3) is 0 Å². The zero-order chi connectivity index (χ0) is 16.7. The van der Waals surface area contributed by atoms with Crippen LogP contribution >= 0.6 is 0 Å². The number of rotatable bonds is 5. The number of nitrogens with one attached hydrogen (secondary N) is 2. The minimum absolute atomic E-state index is 0.180. The van der Waals surface area contributed by atoms with Crippen molar-refractivity contribution in [1.82, 2.24) is 4.98 Å². The highest BCUT2D eigenvalue weighted by Gasteiger charge is 2.06. The van der Waals surface area contributed by atoms with E-state index in [0.29, 0.717) is 16.9 Å². The van der Waals surface area contributed by atoms with Gasteiger partial charge in [0, 0.05) is 29.8 Å². The van der Waals surface area contributed by atoms with E-state index in [2.05, 4.69) is 15.6 Å². The van der Waals surface area contributed by atoms with Crippen LogP contribution < -0.4 is 10.6 Å². The molecule has 1 heterocycles. The smallest absolute Gasteiger partial charge is 0.257 e. The monoisotopic (exact) mass is 309 g/mol. The van der Waals surface area contributed by atoms with E-state index in [1.54, 1.807) is 48.7 Å². The van der Waals surface area contributed by atoms with Crippen LogP contribution in [0.15, 0.2) is 60.4 Å². The fourth-order valence-corrected chi connectivity index (χ4v) is 1.88. The van der Waals surface area contributed by atoms with Crippen LogP contribution in [-0.4, -0.2) is 16.8 Å². The molecule has 0 radical (unpaired) electrons. The van der Waals surface area contributed by atoms with Crippen molar-refractivity contribution in [1.29, 1.82) is 0 Å². The van der Waals surface area contributed by atoms with E-state index in [9.17, 15) is 9.59 Å². The Hall–Kier alpha value is -2.95. The molecule has 0 atom stereocenters. The Kier molecular flexibility index (Phi) is 5.63. The predicted molar refractivity (Wildman–Crippen MR) is 91.3 cm³/mol. The fraction of sp³-hybridized carbons (Fsp3) is 0.167. The minimum atomic E-state index is -0.247. The Morgan fingerprint density at radius 2 is 1.87 bits per heavy atom. The van der Waals surface area contributed by atoms with Gasteiger partial charge in [-0.3, -0.25) is 14.6 Å². The molecule has 0 saturated carbocycles. The molecule has 118 valence electrons. The molecule has 0 aliphatic heterocycles. The molecule has 23 heavy (non-hydrogen) atoms. The Labute approximate surface area is 135 Å². The summed E-state index contributed by atoms with van der Waals surface area (Å²) in [5.74, 6) is -0.427. The van der Waals surface area contributed by atoms with E-state index in [-0.39, 0.29) is 11.8 Å². The van der Waals surface area contributed by atoms with Crippen molar-refractivity contribution in [2.75, 3.05) is 10.6 Å². The van der Waals surface area contributed by atoms with Gasteiger partial charge in [-0.15, -0.1) is 0 Å². The van der Waals surface area contributed by atoms with Gasteiger partial charge < -0.3 is 10.6 Å². The van der Waals surface area contributed by atoms with Crippen LogP contribution in [0.5, 0.6) is 0 Å². The summed E-state index contributed by atoms with van der Waals surface area (Å²) in [7, 11) is 0. The first kappa shape index (κ1) is 16.4. The summed E-state index contributed by atoms with van der Waals surface area (Å²) >= 11 is 0. The van der Waals surface area contributed by atoms with Crippen LogP contribution in [0, 0.1) is 0 Å². The molecule has 0 aliphatic carbocycles. The Morgan fingerprint density at radius 3 is 2.52 bits per heavy atom. The van der Waals surface area contributed by atoms with Crippen LogP contribution in [0.2, 0.25) is 0 Å². The summed E-state index contributed by atoms with van der Waals surface area (Å²) in [5.41, 5.74) is 2.71. The normalized spacial score (nSPS) is 11.0. The first-order valence-corrected chi connectivity index (χ1v) is 7.38. The number of anilines is 2. The van der Waals surface area contributed by atoms with Crippen LogP contribution in [0.3, 0.4) is 0 Å². The molecule has 5 heteroatoms. The number of hydrogen-bond donors (Lipinski definition) is 2. The molecule has 0 spiro atoms. The summed E-state index contributed by atoms with van der Waals surface area (Å²) in [4.78, 5) is 27.9. The Morgan fingerprint density at radius 1 is 1.13 bits per heavy atom. The summed E-state index contributed by atoms with van der Waals surface area (Å²) in [5, 5.41) is 5.56. The van der Waals surface area contributed by atoms with E-state index >= 15 is 0 Å². The van der Waals surface area contributed by atoms with Gasteiger partial charge in [0.2, 0.25) is 5.91 Å². The number of benzene rings is 1. The first-order valence-electron chi connectivity index (χ1n) is 7.38. The third-order valence-electron chi connectivity index (χ3n) is 3.25. The molecular formula is C18H19N3O2. The average Bonchev–Trinajstić information content (AvgIpc) is 2.55. The molecule has 0 aliphatic rings. The lowest BCUT2D eigenvalue weighted by Gasteiger charge is -2.08. The molecule has 0 bridgehead atoms. The first-order chi connectivity index (χ1) is 11.1. The van der Waals surface area contributed by atoms with Gasteiger partial charge in [-0.05, 0) is 43.7 Å². The van der Waals surface area contributed by atoms with Crippen molar-refractivity contribution < 1.29 is 9.59 Å². The average molecular weight is 309 g/mol. The molecule has 2 rings (SSSR count). The molecule has 2 aromatic rings. The number of nitrogens with zero attached hydrogens (tertiary/aromatic N) is 1. The van der Waals surface area contributed by atoms with Crippen LogP contribution in [0.4, 0.5) is 11.4 Å². The number of aromatic nitrogens is 1. The number of hydrogen-bond acceptors (Lipinski definition) is 3. The summed E-state index contributed by atoms with van der Waals surface area (Å²) < 4.78 is 0. The maximum absolute atomic E-state index is 12.1. The zero-order valence-electron chi connectivity index (χ0n) is 13.2. The van der Waals surface area contributed by atoms with Gasteiger partial charge in [-0.1, -0.05) is 18.6 Å². The van der Waals surface area contributed by atoms with Gasteiger partial charge in [-0.25, -0.2) is 0 Å². The highest BCUT2D eigenvalue weighted by Crippen LogP contribution is 2.16. The molecule has 0 saturated heterocycles. The van der Waals surface area contributed by atoms with E-state index < -0.39 is 0 Å². The standard InChI is InChI=1S/C18H19N3O2/c1-3-13(2)10-17(22)20-15-7-4-8-16(11-15)21-18(23)14-6-5-9-19-12-14/h4-12H,3H2,1-2H3,(H,20,22)(H,21,23)/b13-10+. The number of pyridine rings is 1. The van der Waals surface area contributed by atoms with Gasteiger partial charge in [0.25, 0.3) is 5.91 Å². The lowest BCUT2D eigenvalue weighted by Crippen LogP contribution is -2.13. The van der Waals surface area contributed by atoms with Crippen molar-refractivity contribution in [3.63, 3.8) is 0 Å². The maximum Gasteiger partial charge on any atom is 0.257 e. The van der Waals surface area contributed by atoms with E-state index in [4.69, 9.17) is 0 Å². The summed E-state index contributed by atoms with van der Waals surface area (Å²) in [6.07, 6.45) is 5.51. The Bertz CT molecular complexity index is 724. The zero-order valence-corrected chi connectivity index (χ0v) is 13.2. The van der Waals surface area contributed by atoms with Crippen molar-refractivity contribution >= 4 is 23.2 Å².